The lowest BCUT2D eigenvalue weighted by Gasteiger charge is -2.18. The van der Waals surface area contributed by atoms with E-state index in [-0.39, 0.29) is 12.2 Å². The van der Waals surface area contributed by atoms with Gasteiger partial charge in [0.05, 0.1) is 6.04 Å². The standard InChI is InChI=1S/C16H25N3O4/c17-9-3-1-2-4-14(16(22)23)19-15(21)13(18)10-11-5-7-12(20)8-6-11/h5-8,13-14,20H,1-4,9-10,17-18H2,(H,19,21)(H,22,23)/t13-,14-/m0/s1. The van der Waals surface area contributed by atoms with Gasteiger partial charge in [0.15, 0.2) is 0 Å². The number of phenols is 1. The van der Waals surface area contributed by atoms with Gasteiger partial charge in [0.25, 0.3) is 0 Å². The number of phenolic OH excluding ortho intramolecular Hbond substituents is 1. The first-order chi connectivity index (χ1) is 10.9. The van der Waals surface area contributed by atoms with Crippen LogP contribution in [0.3, 0.4) is 0 Å². The number of benzene rings is 1. The summed E-state index contributed by atoms with van der Waals surface area (Å²) >= 11 is 0. The van der Waals surface area contributed by atoms with Gasteiger partial charge in [-0.3, -0.25) is 4.79 Å². The highest BCUT2D eigenvalue weighted by molar-refractivity contribution is 5.86. The number of carbonyl (C=O) groups is 2. The van der Waals surface area contributed by atoms with E-state index in [0.29, 0.717) is 19.4 Å². The van der Waals surface area contributed by atoms with Gasteiger partial charge in [0.2, 0.25) is 5.91 Å². The molecule has 0 radical (unpaired) electrons. The number of carboxylic acid groups (broad SMARTS) is 1. The zero-order chi connectivity index (χ0) is 17.2. The minimum Gasteiger partial charge on any atom is -0.508 e. The topological polar surface area (TPSA) is 139 Å². The van der Waals surface area contributed by atoms with Crippen LogP contribution in [0.2, 0.25) is 0 Å². The zero-order valence-electron chi connectivity index (χ0n) is 13.1. The van der Waals surface area contributed by atoms with Crippen LogP contribution in [0.5, 0.6) is 5.75 Å². The molecule has 0 saturated carbocycles. The van der Waals surface area contributed by atoms with E-state index in [4.69, 9.17) is 11.5 Å². The van der Waals surface area contributed by atoms with Crippen LogP contribution in [0.25, 0.3) is 0 Å². The summed E-state index contributed by atoms with van der Waals surface area (Å²) in [5, 5.41) is 20.9. The van der Waals surface area contributed by atoms with Crippen molar-refractivity contribution >= 4 is 11.9 Å². The molecular formula is C16H25N3O4. The molecule has 1 aromatic rings. The van der Waals surface area contributed by atoms with Crippen LogP contribution in [0.15, 0.2) is 24.3 Å². The Morgan fingerprint density at radius 1 is 1.13 bits per heavy atom. The van der Waals surface area contributed by atoms with Gasteiger partial charge in [-0.25, -0.2) is 4.79 Å². The number of rotatable bonds is 10. The Labute approximate surface area is 135 Å². The molecule has 0 aliphatic rings. The smallest absolute Gasteiger partial charge is 0.326 e. The summed E-state index contributed by atoms with van der Waals surface area (Å²) in [5.41, 5.74) is 12.0. The number of aliphatic carboxylic acids is 1. The lowest BCUT2D eigenvalue weighted by molar-refractivity contribution is -0.142. The van der Waals surface area contributed by atoms with Crippen molar-refractivity contribution in [1.29, 1.82) is 0 Å². The molecule has 0 unspecified atom stereocenters. The van der Waals surface area contributed by atoms with Gasteiger partial charge in [0, 0.05) is 0 Å². The van der Waals surface area contributed by atoms with Crippen molar-refractivity contribution in [3.8, 4) is 5.75 Å². The molecule has 2 atom stereocenters. The lowest BCUT2D eigenvalue weighted by atomic mass is 10.0. The Morgan fingerprint density at radius 2 is 1.78 bits per heavy atom. The second-order valence-electron chi connectivity index (χ2n) is 5.51. The molecule has 0 aromatic heterocycles. The second kappa shape index (κ2) is 9.81. The quantitative estimate of drug-likeness (QED) is 0.394. The molecule has 0 fully saturated rings. The molecule has 1 aromatic carbocycles. The molecule has 7 heteroatoms. The number of amides is 1. The van der Waals surface area contributed by atoms with Crippen molar-refractivity contribution in [1.82, 2.24) is 5.32 Å². The van der Waals surface area contributed by atoms with Crippen molar-refractivity contribution in [2.24, 2.45) is 11.5 Å². The van der Waals surface area contributed by atoms with Crippen LogP contribution < -0.4 is 16.8 Å². The fraction of sp³-hybridized carbons (Fsp3) is 0.500. The van der Waals surface area contributed by atoms with Crippen LogP contribution in [0.1, 0.15) is 31.2 Å². The largest absolute Gasteiger partial charge is 0.508 e. The van der Waals surface area contributed by atoms with Crippen LogP contribution in [0.4, 0.5) is 0 Å². The number of nitrogens with two attached hydrogens (primary N) is 2. The fourth-order valence-electron chi connectivity index (χ4n) is 2.18. The van der Waals surface area contributed by atoms with Crippen LogP contribution in [-0.2, 0) is 16.0 Å². The SMILES string of the molecule is NCCCCC[C@H](NC(=O)[C@@H](N)Cc1ccc(O)cc1)C(=O)O. The van der Waals surface area contributed by atoms with E-state index in [1.54, 1.807) is 12.1 Å². The molecular weight excluding hydrogens is 298 g/mol. The van der Waals surface area contributed by atoms with E-state index < -0.39 is 24.0 Å². The number of carbonyl (C=O) groups excluding carboxylic acids is 1. The summed E-state index contributed by atoms with van der Waals surface area (Å²) in [4.78, 5) is 23.3. The predicted molar refractivity (Wildman–Crippen MR) is 86.9 cm³/mol. The Balaban J connectivity index is 2.49. The number of carboxylic acids is 1. The van der Waals surface area contributed by atoms with Crippen LogP contribution >= 0.6 is 0 Å². The highest BCUT2D eigenvalue weighted by Crippen LogP contribution is 2.11. The normalized spacial score (nSPS) is 13.3. The summed E-state index contributed by atoms with van der Waals surface area (Å²) in [6, 6.07) is 4.58. The molecule has 0 heterocycles. The Morgan fingerprint density at radius 3 is 2.35 bits per heavy atom. The maximum atomic E-state index is 12.0. The number of nitrogens with one attached hydrogen (secondary N) is 1. The Kier molecular flexibility index (Phi) is 8.07. The molecule has 7 nitrogen and oxygen atoms in total. The summed E-state index contributed by atoms with van der Waals surface area (Å²) in [7, 11) is 0. The molecule has 0 bridgehead atoms. The van der Waals surface area contributed by atoms with Gasteiger partial charge in [0.1, 0.15) is 11.8 Å². The van der Waals surface area contributed by atoms with E-state index in [2.05, 4.69) is 5.32 Å². The number of hydrogen-bond acceptors (Lipinski definition) is 5. The van der Waals surface area contributed by atoms with Gasteiger partial charge < -0.3 is 27.0 Å². The number of unbranched alkanes of at least 4 members (excludes halogenated alkanes) is 2. The first-order valence-electron chi connectivity index (χ1n) is 7.70. The number of hydrogen-bond donors (Lipinski definition) is 5. The summed E-state index contributed by atoms with van der Waals surface area (Å²) in [5.74, 6) is -1.43. The molecule has 128 valence electrons. The lowest BCUT2D eigenvalue weighted by Crippen LogP contribution is -2.49. The molecule has 7 N–H and O–H groups in total. The van der Waals surface area contributed by atoms with Crippen LogP contribution in [-0.4, -0.2) is 40.7 Å². The molecule has 0 aliphatic heterocycles. The van der Waals surface area contributed by atoms with E-state index in [0.717, 1.165) is 18.4 Å². The summed E-state index contributed by atoms with van der Waals surface area (Å²) in [6.45, 7) is 0.571. The molecule has 0 aliphatic carbocycles. The summed E-state index contributed by atoms with van der Waals surface area (Å²) < 4.78 is 0. The van der Waals surface area contributed by atoms with Gasteiger partial charge in [-0.2, -0.15) is 0 Å². The van der Waals surface area contributed by atoms with E-state index in [9.17, 15) is 19.8 Å². The van der Waals surface area contributed by atoms with Crippen molar-refractivity contribution in [2.75, 3.05) is 6.54 Å². The van der Waals surface area contributed by atoms with Gasteiger partial charge >= 0.3 is 5.97 Å². The van der Waals surface area contributed by atoms with Gasteiger partial charge in [-0.15, -0.1) is 0 Å². The van der Waals surface area contributed by atoms with Gasteiger partial charge in [-0.1, -0.05) is 25.0 Å². The maximum absolute atomic E-state index is 12.0. The Bertz CT molecular complexity index is 505. The van der Waals surface area contributed by atoms with Crippen molar-refractivity contribution in [3.63, 3.8) is 0 Å². The monoisotopic (exact) mass is 323 g/mol. The molecule has 0 spiro atoms. The molecule has 23 heavy (non-hydrogen) atoms. The summed E-state index contributed by atoms with van der Waals surface area (Å²) in [6.07, 6.45) is 2.97. The third-order valence-electron chi connectivity index (χ3n) is 3.54. The van der Waals surface area contributed by atoms with Crippen molar-refractivity contribution in [2.45, 2.75) is 44.2 Å². The third-order valence-corrected chi connectivity index (χ3v) is 3.54. The third kappa shape index (κ3) is 7.12. The minimum absolute atomic E-state index is 0.134. The Hall–Kier alpha value is -2.12. The van der Waals surface area contributed by atoms with E-state index >= 15 is 0 Å². The zero-order valence-corrected chi connectivity index (χ0v) is 13.1. The van der Waals surface area contributed by atoms with Crippen LogP contribution in [0, 0.1) is 0 Å². The molecule has 1 amide bonds. The highest BCUT2D eigenvalue weighted by Gasteiger charge is 2.23. The first-order valence-corrected chi connectivity index (χ1v) is 7.70. The van der Waals surface area contributed by atoms with E-state index in [1.807, 2.05) is 0 Å². The van der Waals surface area contributed by atoms with Gasteiger partial charge in [-0.05, 0) is 43.5 Å². The minimum atomic E-state index is -1.07. The highest BCUT2D eigenvalue weighted by atomic mass is 16.4. The predicted octanol–water partition coefficient (Wildman–Crippen LogP) is 0.351. The molecule has 1 rings (SSSR count). The van der Waals surface area contributed by atoms with E-state index in [1.165, 1.54) is 12.1 Å². The first kappa shape index (κ1) is 18.9. The maximum Gasteiger partial charge on any atom is 0.326 e. The average Bonchev–Trinajstić information content (AvgIpc) is 2.52. The number of aromatic hydroxyl groups is 1. The van der Waals surface area contributed by atoms with Crippen molar-refractivity contribution < 1.29 is 19.8 Å². The second-order valence-corrected chi connectivity index (χ2v) is 5.51. The fourth-order valence-corrected chi connectivity index (χ4v) is 2.18. The molecule has 0 saturated heterocycles. The van der Waals surface area contributed by atoms with Crippen molar-refractivity contribution in [3.05, 3.63) is 29.8 Å². The average molecular weight is 323 g/mol.